The van der Waals surface area contributed by atoms with Crippen molar-refractivity contribution in [2.45, 2.75) is 4.90 Å². The van der Waals surface area contributed by atoms with Gasteiger partial charge in [-0.15, -0.1) is 0 Å². The number of sulfonamides is 1. The molecule has 9 heteroatoms. The van der Waals surface area contributed by atoms with Crippen LogP contribution in [0, 0.1) is 0 Å². The molecule has 0 atom stereocenters. The van der Waals surface area contributed by atoms with E-state index in [0.29, 0.717) is 17.0 Å². The summed E-state index contributed by atoms with van der Waals surface area (Å²) in [5.74, 6) is -0.330. The third-order valence-electron chi connectivity index (χ3n) is 3.55. The highest BCUT2D eigenvalue weighted by Gasteiger charge is 2.15. The molecule has 0 heterocycles. The maximum Gasteiger partial charge on any atom is 0.337 e. The third-order valence-corrected chi connectivity index (χ3v) is 4.95. The van der Waals surface area contributed by atoms with Crippen LogP contribution in [0.15, 0.2) is 53.4 Å². The van der Waals surface area contributed by atoms with Crippen molar-refractivity contribution in [3.8, 4) is 5.75 Å². The number of carbonyl (C=O) groups is 2. The van der Waals surface area contributed by atoms with Crippen LogP contribution in [0.4, 0.5) is 5.69 Å². The van der Waals surface area contributed by atoms with Crippen molar-refractivity contribution < 1.29 is 27.5 Å². The SMILES string of the molecule is COC(=O)c1ccc(NS(=O)(=O)c2ccc(OCC(=O)N(C)C)cc2)cc1. The van der Waals surface area contributed by atoms with E-state index in [1.807, 2.05) is 0 Å². The van der Waals surface area contributed by atoms with Gasteiger partial charge in [-0.05, 0) is 48.5 Å². The molecule has 0 radical (unpaired) electrons. The van der Waals surface area contributed by atoms with Gasteiger partial charge < -0.3 is 14.4 Å². The molecule has 1 N–H and O–H groups in total. The topological polar surface area (TPSA) is 102 Å². The summed E-state index contributed by atoms with van der Waals surface area (Å²) in [5, 5.41) is 0. The Balaban J connectivity index is 2.06. The van der Waals surface area contributed by atoms with Crippen LogP contribution in [0.25, 0.3) is 0 Å². The van der Waals surface area contributed by atoms with Gasteiger partial charge in [0.15, 0.2) is 6.61 Å². The standard InChI is InChI=1S/C18H20N2O6S/c1-20(2)17(21)12-26-15-8-10-16(11-9-15)27(23,24)19-14-6-4-13(5-7-14)18(22)25-3/h4-11,19H,12H2,1-3H3. The number of likely N-dealkylation sites (N-methyl/N-ethyl adjacent to an activating group) is 1. The second-order valence-electron chi connectivity index (χ2n) is 5.72. The van der Waals surface area contributed by atoms with Crippen LogP contribution in [-0.2, 0) is 19.6 Å². The van der Waals surface area contributed by atoms with E-state index in [1.54, 1.807) is 14.1 Å². The second-order valence-corrected chi connectivity index (χ2v) is 7.41. The predicted molar refractivity (Wildman–Crippen MR) is 99.2 cm³/mol. The van der Waals surface area contributed by atoms with Crippen LogP contribution in [-0.4, -0.2) is 53.0 Å². The summed E-state index contributed by atoms with van der Waals surface area (Å²) in [7, 11) is 0.688. The molecule has 0 aliphatic carbocycles. The normalized spacial score (nSPS) is 10.8. The van der Waals surface area contributed by atoms with E-state index in [9.17, 15) is 18.0 Å². The van der Waals surface area contributed by atoms with Crippen molar-refractivity contribution in [1.29, 1.82) is 0 Å². The molecule has 8 nitrogen and oxygen atoms in total. The number of hydrogen-bond donors (Lipinski definition) is 1. The summed E-state index contributed by atoms with van der Waals surface area (Å²) in [5.41, 5.74) is 0.619. The number of anilines is 1. The number of rotatable bonds is 7. The van der Waals surface area contributed by atoms with Gasteiger partial charge in [-0.3, -0.25) is 9.52 Å². The Morgan fingerprint density at radius 3 is 2.11 bits per heavy atom. The Hall–Kier alpha value is -3.07. The van der Waals surface area contributed by atoms with Gasteiger partial charge in [0.05, 0.1) is 17.6 Å². The average Bonchev–Trinajstić information content (AvgIpc) is 2.66. The summed E-state index contributed by atoms with van der Waals surface area (Å²) in [4.78, 5) is 24.3. The first-order valence-electron chi connectivity index (χ1n) is 7.87. The lowest BCUT2D eigenvalue weighted by Crippen LogP contribution is -2.27. The summed E-state index contributed by atoms with van der Waals surface area (Å²) in [6.45, 7) is -0.135. The number of benzene rings is 2. The Labute approximate surface area is 157 Å². The van der Waals surface area contributed by atoms with Crippen molar-refractivity contribution in [2.75, 3.05) is 32.5 Å². The maximum atomic E-state index is 12.4. The van der Waals surface area contributed by atoms with Crippen molar-refractivity contribution in [1.82, 2.24) is 4.90 Å². The number of hydrogen-bond acceptors (Lipinski definition) is 6. The molecule has 2 aromatic carbocycles. The molecule has 27 heavy (non-hydrogen) atoms. The van der Waals surface area contributed by atoms with E-state index in [1.165, 1.54) is 60.5 Å². The van der Waals surface area contributed by atoms with E-state index < -0.39 is 16.0 Å². The first-order chi connectivity index (χ1) is 12.7. The zero-order chi connectivity index (χ0) is 20.0. The molecular formula is C18H20N2O6S. The summed E-state index contributed by atoms with van der Waals surface area (Å²) in [6.07, 6.45) is 0. The van der Waals surface area contributed by atoms with E-state index in [0.717, 1.165) is 0 Å². The first kappa shape index (κ1) is 20.2. The van der Waals surface area contributed by atoms with Crippen LogP contribution < -0.4 is 9.46 Å². The number of carbonyl (C=O) groups excluding carboxylic acids is 2. The fourth-order valence-electron chi connectivity index (χ4n) is 2.00. The van der Waals surface area contributed by atoms with Gasteiger partial charge in [0, 0.05) is 19.8 Å². The number of ether oxygens (including phenoxy) is 2. The predicted octanol–water partition coefficient (Wildman–Crippen LogP) is 1.74. The quantitative estimate of drug-likeness (QED) is 0.720. The largest absolute Gasteiger partial charge is 0.484 e. The summed E-state index contributed by atoms with van der Waals surface area (Å²) < 4.78 is 37.2. The van der Waals surface area contributed by atoms with E-state index >= 15 is 0 Å². The highest BCUT2D eigenvalue weighted by Crippen LogP contribution is 2.20. The summed E-state index contributed by atoms with van der Waals surface area (Å²) in [6, 6.07) is 11.5. The molecular weight excluding hydrogens is 372 g/mol. The number of amides is 1. The fraction of sp³-hybridized carbons (Fsp3) is 0.222. The minimum Gasteiger partial charge on any atom is -0.484 e. The minimum atomic E-state index is -3.81. The van der Waals surface area contributed by atoms with E-state index in [4.69, 9.17) is 4.74 Å². The van der Waals surface area contributed by atoms with E-state index in [2.05, 4.69) is 9.46 Å². The maximum absolute atomic E-state index is 12.4. The van der Waals surface area contributed by atoms with Gasteiger partial charge in [0.2, 0.25) is 0 Å². The number of nitrogens with zero attached hydrogens (tertiary/aromatic N) is 1. The smallest absolute Gasteiger partial charge is 0.337 e. The Bertz CT molecular complexity index is 906. The molecule has 0 fully saturated rings. The van der Waals surface area contributed by atoms with Gasteiger partial charge in [-0.25, -0.2) is 13.2 Å². The molecule has 0 saturated heterocycles. The van der Waals surface area contributed by atoms with Gasteiger partial charge in [-0.2, -0.15) is 0 Å². The van der Waals surface area contributed by atoms with Crippen LogP contribution in [0.5, 0.6) is 5.75 Å². The zero-order valence-corrected chi connectivity index (χ0v) is 15.9. The average molecular weight is 392 g/mol. The number of esters is 1. The molecule has 0 saturated carbocycles. The molecule has 0 spiro atoms. The Kier molecular flexibility index (Phi) is 6.40. The monoisotopic (exact) mass is 392 g/mol. The first-order valence-corrected chi connectivity index (χ1v) is 9.35. The minimum absolute atomic E-state index is 0.0332. The van der Waals surface area contributed by atoms with Crippen LogP contribution in [0.1, 0.15) is 10.4 Å². The zero-order valence-electron chi connectivity index (χ0n) is 15.1. The molecule has 0 aromatic heterocycles. The van der Waals surface area contributed by atoms with Gasteiger partial charge in [0.25, 0.3) is 15.9 Å². The molecule has 2 rings (SSSR count). The van der Waals surface area contributed by atoms with Crippen molar-refractivity contribution >= 4 is 27.6 Å². The Morgan fingerprint density at radius 2 is 1.59 bits per heavy atom. The van der Waals surface area contributed by atoms with Gasteiger partial charge in [-0.1, -0.05) is 0 Å². The van der Waals surface area contributed by atoms with Crippen molar-refractivity contribution in [3.05, 3.63) is 54.1 Å². The molecule has 144 valence electrons. The Morgan fingerprint density at radius 1 is 1.00 bits per heavy atom. The lowest BCUT2D eigenvalue weighted by molar-refractivity contribution is -0.130. The van der Waals surface area contributed by atoms with Gasteiger partial charge in [0.1, 0.15) is 5.75 Å². The fourth-order valence-corrected chi connectivity index (χ4v) is 3.05. The number of nitrogens with one attached hydrogen (secondary N) is 1. The van der Waals surface area contributed by atoms with Crippen molar-refractivity contribution in [2.24, 2.45) is 0 Å². The highest BCUT2D eigenvalue weighted by molar-refractivity contribution is 7.92. The molecule has 2 aromatic rings. The molecule has 0 unspecified atom stereocenters. The molecule has 0 aliphatic heterocycles. The molecule has 0 bridgehead atoms. The van der Waals surface area contributed by atoms with Gasteiger partial charge >= 0.3 is 5.97 Å². The van der Waals surface area contributed by atoms with Crippen LogP contribution >= 0.6 is 0 Å². The molecule has 1 amide bonds. The van der Waals surface area contributed by atoms with Crippen molar-refractivity contribution in [3.63, 3.8) is 0 Å². The lowest BCUT2D eigenvalue weighted by Gasteiger charge is -2.12. The number of methoxy groups -OCH3 is 1. The highest BCUT2D eigenvalue weighted by atomic mass is 32.2. The third kappa shape index (κ3) is 5.45. The lowest BCUT2D eigenvalue weighted by atomic mass is 10.2. The molecule has 0 aliphatic rings. The van der Waals surface area contributed by atoms with E-state index in [-0.39, 0.29) is 17.4 Å². The summed E-state index contributed by atoms with van der Waals surface area (Å²) >= 11 is 0. The second kappa shape index (κ2) is 8.54. The van der Waals surface area contributed by atoms with Crippen LogP contribution in [0.2, 0.25) is 0 Å². The van der Waals surface area contributed by atoms with Crippen LogP contribution in [0.3, 0.4) is 0 Å².